The van der Waals surface area contributed by atoms with Crippen LogP contribution in [0.3, 0.4) is 0 Å². The van der Waals surface area contributed by atoms with Crippen molar-refractivity contribution in [2.75, 3.05) is 32.7 Å². The first-order valence-corrected chi connectivity index (χ1v) is 10.1. The maximum Gasteiger partial charge on any atom is 0.346 e. The first-order valence-electron chi connectivity index (χ1n) is 10.1. The lowest BCUT2D eigenvalue weighted by atomic mass is 9.67. The van der Waals surface area contributed by atoms with Gasteiger partial charge in [0.25, 0.3) is 0 Å². The number of carbonyl (C=O) groups excluding carboxylic acids is 2. The quantitative estimate of drug-likeness (QED) is 0.759. The molecule has 7 heteroatoms. The smallest absolute Gasteiger partial charge is 0.346 e. The predicted molar refractivity (Wildman–Crippen MR) is 100 cm³/mol. The molecule has 0 radical (unpaired) electrons. The SMILES string of the molecule is O=C1N=C2C=CC(N3CCN(CCC4CC5(CCC5)C(=O)O4)CC3)C=C2N1. The normalized spacial score (nSPS) is 32.6. The minimum Gasteiger partial charge on any atom is -0.462 e. The molecule has 0 bridgehead atoms. The minimum absolute atomic E-state index is 0.0580. The number of aliphatic imine (C=N–C) groups is 1. The van der Waals surface area contributed by atoms with Crippen molar-refractivity contribution in [2.24, 2.45) is 10.4 Å². The fraction of sp³-hybridized carbons (Fsp3) is 0.650. The van der Waals surface area contributed by atoms with Gasteiger partial charge in [0, 0.05) is 45.2 Å². The van der Waals surface area contributed by atoms with Gasteiger partial charge in [-0.15, -0.1) is 0 Å². The van der Waals surface area contributed by atoms with Crippen LogP contribution in [0.1, 0.15) is 32.1 Å². The molecule has 27 heavy (non-hydrogen) atoms. The van der Waals surface area contributed by atoms with Crippen LogP contribution in [-0.2, 0) is 9.53 Å². The van der Waals surface area contributed by atoms with E-state index in [1.807, 2.05) is 6.08 Å². The van der Waals surface area contributed by atoms with E-state index in [2.05, 4.69) is 32.3 Å². The second kappa shape index (κ2) is 6.56. The van der Waals surface area contributed by atoms with Gasteiger partial charge >= 0.3 is 12.0 Å². The summed E-state index contributed by atoms with van der Waals surface area (Å²) in [6.07, 6.45) is 11.4. The third kappa shape index (κ3) is 3.12. The van der Waals surface area contributed by atoms with E-state index in [4.69, 9.17) is 4.74 Å². The number of rotatable bonds is 4. The van der Waals surface area contributed by atoms with Crippen LogP contribution in [0.25, 0.3) is 0 Å². The van der Waals surface area contributed by atoms with E-state index in [1.54, 1.807) is 0 Å². The van der Waals surface area contributed by atoms with Crippen molar-refractivity contribution < 1.29 is 14.3 Å². The molecule has 0 aromatic rings. The first-order chi connectivity index (χ1) is 13.1. The van der Waals surface area contributed by atoms with Crippen molar-refractivity contribution in [3.8, 4) is 0 Å². The Labute approximate surface area is 159 Å². The average Bonchev–Trinajstić information content (AvgIpc) is 3.18. The number of esters is 1. The van der Waals surface area contributed by atoms with Crippen LogP contribution in [-0.4, -0.2) is 72.4 Å². The van der Waals surface area contributed by atoms with E-state index in [9.17, 15) is 9.59 Å². The highest BCUT2D eigenvalue weighted by molar-refractivity contribution is 6.19. The number of piperazine rings is 1. The molecule has 1 saturated carbocycles. The third-order valence-corrected chi connectivity index (χ3v) is 6.76. The van der Waals surface area contributed by atoms with E-state index >= 15 is 0 Å². The van der Waals surface area contributed by atoms with Gasteiger partial charge in [-0.25, -0.2) is 4.79 Å². The molecule has 0 aromatic carbocycles. The molecule has 3 heterocycles. The Morgan fingerprint density at radius 1 is 1.22 bits per heavy atom. The van der Waals surface area contributed by atoms with Gasteiger partial charge in [0.15, 0.2) is 0 Å². The number of amides is 2. The highest BCUT2D eigenvalue weighted by Gasteiger charge is 2.52. The van der Waals surface area contributed by atoms with Gasteiger partial charge in [0.05, 0.1) is 16.8 Å². The maximum atomic E-state index is 12.1. The monoisotopic (exact) mass is 370 g/mol. The third-order valence-electron chi connectivity index (χ3n) is 6.76. The second-order valence-electron chi connectivity index (χ2n) is 8.39. The van der Waals surface area contributed by atoms with Gasteiger partial charge < -0.3 is 15.0 Å². The van der Waals surface area contributed by atoms with Crippen LogP contribution in [0.4, 0.5) is 4.79 Å². The summed E-state index contributed by atoms with van der Waals surface area (Å²) in [4.78, 5) is 32.3. The molecule has 2 unspecified atom stereocenters. The number of hydrogen-bond donors (Lipinski definition) is 1. The molecule has 2 atom stereocenters. The zero-order chi connectivity index (χ0) is 18.4. The summed E-state index contributed by atoms with van der Waals surface area (Å²) in [5, 5.41) is 2.79. The topological polar surface area (TPSA) is 74.2 Å². The molecule has 3 fully saturated rings. The number of nitrogens with one attached hydrogen (secondary N) is 1. The molecule has 2 saturated heterocycles. The fourth-order valence-corrected chi connectivity index (χ4v) is 4.90. The van der Waals surface area contributed by atoms with Crippen LogP contribution >= 0.6 is 0 Å². The summed E-state index contributed by atoms with van der Waals surface area (Å²) in [6.45, 7) is 5.02. The van der Waals surface area contributed by atoms with Crippen molar-refractivity contribution in [3.05, 3.63) is 23.9 Å². The van der Waals surface area contributed by atoms with Gasteiger partial charge in [-0.1, -0.05) is 12.5 Å². The van der Waals surface area contributed by atoms with Gasteiger partial charge in [-0.3, -0.25) is 9.69 Å². The number of nitrogens with zero attached hydrogens (tertiary/aromatic N) is 3. The van der Waals surface area contributed by atoms with Crippen molar-refractivity contribution in [1.82, 2.24) is 15.1 Å². The van der Waals surface area contributed by atoms with Crippen molar-refractivity contribution in [1.29, 1.82) is 0 Å². The Bertz CT molecular complexity index is 744. The Morgan fingerprint density at radius 2 is 2.04 bits per heavy atom. The number of urea groups is 1. The molecular weight excluding hydrogens is 344 g/mol. The zero-order valence-corrected chi connectivity index (χ0v) is 15.5. The van der Waals surface area contributed by atoms with Gasteiger partial charge in [-0.05, 0) is 31.4 Å². The number of ether oxygens (including phenoxy) is 1. The maximum absolute atomic E-state index is 12.1. The summed E-state index contributed by atoms with van der Waals surface area (Å²) in [6, 6.07) is -0.0589. The Kier molecular flexibility index (Phi) is 4.16. The number of fused-ring (bicyclic) bond motifs is 1. The fourth-order valence-electron chi connectivity index (χ4n) is 4.90. The van der Waals surface area contributed by atoms with Gasteiger partial charge in [-0.2, -0.15) is 4.99 Å². The molecule has 144 valence electrons. The summed E-state index contributed by atoms with van der Waals surface area (Å²) >= 11 is 0. The van der Waals surface area contributed by atoms with Crippen molar-refractivity contribution >= 4 is 17.7 Å². The second-order valence-corrected chi connectivity index (χ2v) is 8.39. The minimum atomic E-state index is -0.275. The lowest BCUT2D eigenvalue weighted by Gasteiger charge is -2.38. The molecule has 2 aliphatic carbocycles. The molecule has 7 nitrogen and oxygen atoms in total. The summed E-state index contributed by atoms with van der Waals surface area (Å²) in [5.41, 5.74) is 1.47. The van der Waals surface area contributed by atoms with Crippen LogP contribution in [0.2, 0.25) is 0 Å². The first kappa shape index (κ1) is 17.1. The standard InChI is InChI=1S/C20H26N4O3/c25-18-20(5-1-6-20)13-15(27-18)4-7-23-8-10-24(11-9-23)14-2-3-16-17(12-14)22-19(26)21-16/h2-3,12,14-15H,1,4-11,13H2,(H,22,26). The summed E-state index contributed by atoms with van der Waals surface area (Å²) in [5.74, 6) is 0.0580. The van der Waals surface area contributed by atoms with Gasteiger partial charge in [0.2, 0.25) is 0 Å². The van der Waals surface area contributed by atoms with E-state index < -0.39 is 0 Å². The van der Waals surface area contributed by atoms with Crippen molar-refractivity contribution in [3.63, 3.8) is 0 Å². The lowest BCUT2D eigenvalue weighted by molar-refractivity contribution is -0.152. The van der Waals surface area contributed by atoms with E-state index in [0.717, 1.165) is 69.8 Å². The largest absolute Gasteiger partial charge is 0.462 e. The zero-order valence-electron chi connectivity index (χ0n) is 15.5. The van der Waals surface area contributed by atoms with Gasteiger partial charge in [0.1, 0.15) is 6.10 Å². The molecule has 3 aliphatic heterocycles. The average molecular weight is 370 g/mol. The number of hydrogen-bond acceptors (Lipinski definition) is 5. The summed E-state index contributed by atoms with van der Waals surface area (Å²) < 4.78 is 5.64. The Hall–Kier alpha value is -1.99. The van der Waals surface area contributed by atoms with Crippen LogP contribution in [0, 0.1) is 5.41 Å². The molecule has 5 aliphatic rings. The molecule has 2 amide bonds. The number of allylic oxidation sites excluding steroid dienone is 1. The molecule has 5 rings (SSSR count). The molecule has 1 spiro atoms. The highest BCUT2D eigenvalue weighted by atomic mass is 16.6. The molecule has 1 N–H and O–H groups in total. The van der Waals surface area contributed by atoms with Crippen LogP contribution in [0.15, 0.2) is 28.9 Å². The summed E-state index contributed by atoms with van der Waals surface area (Å²) in [7, 11) is 0. The van der Waals surface area contributed by atoms with E-state index in [1.165, 1.54) is 6.42 Å². The molecular formula is C20H26N4O3. The van der Waals surface area contributed by atoms with Crippen LogP contribution < -0.4 is 5.32 Å². The highest BCUT2D eigenvalue weighted by Crippen LogP contribution is 2.50. The van der Waals surface area contributed by atoms with Crippen LogP contribution in [0.5, 0.6) is 0 Å². The van der Waals surface area contributed by atoms with E-state index in [0.29, 0.717) is 0 Å². The molecule has 0 aromatic heterocycles. The lowest BCUT2D eigenvalue weighted by Crippen LogP contribution is -2.50. The number of carbonyl (C=O) groups is 2. The number of cyclic esters (lactones) is 1. The van der Waals surface area contributed by atoms with Crippen molar-refractivity contribution in [2.45, 2.75) is 44.2 Å². The predicted octanol–water partition coefficient (Wildman–Crippen LogP) is 1.47. The Balaban J connectivity index is 1.09. The van der Waals surface area contributed by atoms with E-state index in [-0.39, 0.29) is 29.6 Å². The Morgan fingerprint density at radius 3 is 2.74 bits per heavy atom.